The third kappa shape index (κ3) is 3.14. The van der Waals surface area contributed by atoms with Crippen molar-refractivity contribution in [3.05, 3.63) is 57.0 Å². The average Bonchev–Trinajstić information content (AvgIpc) is 2.70. The van der Waals surface area contributed by atoms with Gasteiger partial charge in [0.1, 0.15) is 5.70 Å². The van der Waals surface area contributed by atoms with E-state index in [4.69, 9.17) is 9.73 Å². The van der Waals surface area contributed by atoms with Crippen LogP contribution >= 0.6 is 27.7 Å². The van der Waals surface area contributed by atoms with E-state index >= 15 is 0 Å². The summed E-state index contributed by atoms with van der Waals surface area (Å²) in [5.41, 5.74) is 1.18. The highest BCUT2D eigenvalue weighted by molar-refractivity contribution is 9.10. The quantitative estimate of drug-likeness (QED) is 0.731. The molecule has 1 unspecified atom stereocenters. The highest BCUT2D eigenvalue weighted by Gasteiger charge is 2.34. The van der Waals surface area contributed by atoms with E-state index in [1.807, 2.05) is 37.4 Å². The lowest BCUT2D eigenvalue weighted by atomic mass is 10.1. The molecule has 0 fully saturated rings. The Morgan fingerprint density at radius 3 is 2.89 bits per heavy atom. The third-order valence-electron chi connectivity index (χ3n) is 4.36. The number of amides is 1. The van der Waals surface area contributed by atoms with Crippen LogP contribution in [0, 0.1) is 0 Å². The van der Waals surface area contributed by atoms with Crippen LogP contribution in [-0.2, 0) is 4.79 Å². The van der Waals surface area contributed by atoms with Crippen LogP contribution < -0.4 is 20.6 Å². The number of nitrogens with one attached hydrogen (secondary N) is 1. The molecular formula is C19H17BrN4O3S. The van der Waals surface area contributed by atoms with E-state index < -0.39 is 6.17 Å². The maximum Gasteiger partial charge on any atom is 0.276 e. The highest BCUT2D eigenvalue weighted by Crippen LogP contribution is 2.40. The number of nitrogens with zero attached hydrogens (tertiary/aromatic N) is 3. The Labute approximate surface area is 173 Å². The van der Waals surface area contributed by atoms with Gasteiger partial charge < -0.3 is 9.84 Å². The van der Waals surface area contributed by atoms with Crippen LogP contribution in [0.1, 0.15) is 18.7 Å². The van der Waals surface area contributed by atoms with Crippen LogP contribution in [0.2, 0.25) is 0 Å². The SMILES string of the molecule is CCOc1cc(C2N=c3ccccc3=C3C(=O)NC(SC)=NN32)cc(Br)c1O. The molecule has 2 aromatic rings. The van der Waals surface area contributed by atoms with Gasteiger partial charge in [-0.2, -0.15) is 0 Å². The molecule has 2 aliphatic rings. The van der Waals surface area contributed by atoms with E-state index in [9.17, 15) is 9.90 Å². The summed E-state index contributed by atoms with van der Waals surface area (Å²) in [4.78, 5) is 17.7. The molecule has 144 valence electrons. The molecule has 1 amide bonds. The van der Waals surface area contributed by atoms with Gasteiger partial charge in [0.2, 0.25) is 0 Å². The van der Waals surface area contributed by atoms with Crippen molar-refractivity contribution in [1.82, 2.24) is 10.3 Å². The van der Waals surface area contributed by atoms with Crippen LogP contribution in [0.15, 0.2) is 51.0 Å². The summed E-state index contributed by atoms with van der Waals surface area (Å²) in [6.07, 6.45) is 1.27. The van der Waals surface area contributed by atoms with Crippen molar-refractivity contribution in [2.75, 3.05) is 12.9 Å². The Hall–Kier alpha value is -2.52. The standard InChI is InChI=1S/C19H17BrN4O3S/c1-3-27-14-9-10(8-12(20)16(14)25)17-21-13-7-5-4-6-11(13)15-18(26)22-19(28-2)23-24(15)17/h4-9,17,25H,3H2,1-2H3,(H,22,23,26). The van der Waals surface area contributed by atoms with E-state index in [0.717, 1.165) is 10.8 Å². The van der Waals surface area contributed by atoms with Crippen LogP contribution in [0.5, 0.6) is 11.5 Å². The van der Waals surface area contributed by atoms with Crippen molar-refractivity contribution in [3.63, 3.8) is 0 Å². The molecular weight excluding hydrogens is 444 g/mol. The monoisotopic (exact) mass is 460 g/mol. The van der Waals surface area contributed by atoms with Crippen molar-refractivity contribution >= 4 is 44.5 Å². The number of para-hydroxylation sites is 1. The molecule has 2 N–H and O–H groups in total. The highest BCUT2D eigenvalue weighted by atomic mass is 79.9. The number of fused-ring (bicyclic) bond motifs is 2. The summed E-state index contributed by atoms with van der Waals surface area (Å²) in [5, 5.41) is 21.2. The van der Waals surface area contributed by atoms with E-state index in [1.165, 1.54) is 11.8 Å². The lowest BCUT2D eigenvalue weighted by Gasteiger charge is -2.34. The average molecular weight is 461 g/mol. The second kappa shape index (κ2) is 7.48. The van der Waals surface area contributed by atoms with E-state index in [0.29, 0.717) is 33.1 Å². The van der Waals surface area contributed by atoms with Crippen molar-refractivity contribution in [2.24, 2.45) is 10.1 Å². The third-order valence-corrected chi connectivity index (χ3v) is 5.53. The zero-order chi connectivity index (χ0) is 19.8. The zero-order valence-corrected chi connectivity index (χ0v) is 17.5. The number of aromatic hydroxyl groups is 1. The van der Waals surface area contributed by atoms with E-state index in [-0.39, 0.29) is 11.7 Å². The minimum atomic E-state index is -0.575. The number of ether oxygens (including phenoxy) is 1. The lowest BCUT2D eigenvalue weighted by molar-refractivity contribution is -0.116. The largest absolute Gasteiger partial charge is 0.503 e. The fourth-order valence-corrected chi connectivity index (χ4v) is 3.97. The molecule has 2 heterocycles. The minimum absolute atomic E-state index is 0.0238. The van der Waals surface area contributed by atoms with Crippen LogP contribution in [0.25, 0.3) is 5.70 Å². The number of hydrogen-bond acceptors (Lipinski definition) is 7. The smallest absolute Gasteiger partial charge is 0.276 e. The Kier molecular flexibility index (Phi) is 5.03. The number of halogens is 1. The summed E-state index contributed by atoms with van der Waals surface area (Å²) < 4.78 is 6.04. The fourth-order valence-electron chi connectivity index (χ4n) is 3.14. The van der Waals surface area contributed by atoms with E-state index in [1.54, 1.807) is 17.1 Å². The summed E-state index contributed by atoms with van der Waals surface area (Å²) in [6, 6.07) is 11.0. The van der Waals surface area contributed by atoms with Crippen molar-refractivity contribution in [2.45, 2.75) is 13.1 Å². The summed E-state index contributed by atoms with van der Waals surface area (Å²) in [5.74, 6) is 0.142. The molecule has 2 aliphatic heterocycles. The number of phenolic OH excluding ortho intramolecular Hbond substituents is 1. The second-order valence-corrected chi connectivity index (χ2v) is 7.71. The molecule has 4 rings (SSSR count). The normalized spacial score (nSPS) is 17.9. The van der Waals surface area contributed by atoms with Crippen LogP contribution in [0.4, 0.5) is 0 Å². The summed E-state index contributed by atoms with van der Waals surface area (Å²) >= 11 is 4.72. The molecule has 9 heteroatoms. The Balaban J connectivity index is 1.96. The van der Waals surface area contributed by atoms with Crippen LogP contribution in [0.3, 0.4) is 0 Å². The van der Waals surface area contributed by atoms with Gasteiger partial charge in [0, 0.05) is 10.8 Å². The molecule has 2 aromatic carbocycles. The zero-order valence-electron chi connectivity index (χ0n) is 15.1. The Morgan fingerprint density at radius 2 is 2.14 bits per heavy atom. The number of rotatable bonds is 3. The topological polar surface area (TPSA) is 86.5 Å². The van der Waals surface area contributed by atoms with Gasteiger partial charge in [-0.3, -0.25) is 15.1 Å². The van der Waals surface area contributed by atoms with Crippen molar-refractivity contribution in [1.29, 1.82) is 0 Å². The number of phenols is 1. The molecule has 1 atom stereocenters. The Bertz CT molecular complexity index is 1120. The van der Waals surface area contributed by atoms with E-state index in [2.05, 4.69) is 26.3 Å². The number of benzene rings is 2. The van der Waals surface area contributed by atoms with Gasteiger partial charge >= 0.3 is 0 Å². The number of amidine groups is 1. The van der Waals surface area contributed by atoms with Gasteiger partial charge in [0.05, 0.1) is 16.4 Å². The van der Waals surface area contributed by atoms with Crippen LogP contribution in [-0.4, -0.2) is 34.1 Å². The first kappa shape index (κ1) is 18.8. The van der Waals surface area contributed by atoms with Gasteiger partial charge in [0.25, 0.3) is 5.91 Å². The summed E-state index contributed by atoms with van der Waals surface area (Å²) in [7, 11) is 0. The first-order valence-corrected chi connectivity index (χ1v) is 10.6. The predicted octanol–water partition coefficient (Wildman–Crippen LogP) is 2.06. The first-order valence-electron chi connectivity index (χ1n) is 8.59. The van der Waals surface area contributed by atoms with Gasteiger partial charge in [-0.25, -0.2) is 5.01 Å². The van der Waals surface area contributed by atoms with Crippen molar-refractivity contribution in [3.8, 4) is 11.5 Å². The molecule has 28 heavy (non-hydrogen) atoms. The molecule has 0 aromatic heterocycles. The molecule has 0 spiro atoms. The molecule has 0 aliphatic carbocycles. The number of thioether (sulfide) groups is 1. The summed E-state index contributed by atoms with van der Waals surface area (Å²) in [6.45, 7) is 2.25. The molecule has 0 bridgehead atoms. The molecule has 0 saturated carbocycles. The number of carbonyl (C=O) groups is 1. The molecule has 0 saturated heterocycles. The fraction of sp³-hybridized carbons (Fsp3) is 0.211. The van der Waals surface area contributed by atoms with Crippen molar-refractivity contribution < 1.29 is 14.6 Å². The van der Waals surface area contributed by atoms with Gasteiger partial charge in [-0.15, -0.1) is 5.10 Å². The maximum absolute atomic E-state index is 12.8. The minimum Gasteiger partial charge on any atom is -0.503 e. The number of hydrogen-bond donors (Lipinski definition) is 2. The van der Waals surface area contributed by atoms with Gasteiger partial charge in [-0.1, -0.05) is 30.0 Å². The first-order chi connectivity index (χ1) is 13.5. The number of hydrazone groups is 1. The predicted molar refractivity (Wildman–Crippen MR) is 111 cm³/mol. The Morgan fingerprint density at radius 1 is 1.36 bits per heavy atom. The molecule has 0 radical (unpaired) electrons. The van der Waals surface area contributed by atoms with Gasteiger partial charge in [0.15, 0.2) is 22.8 Å². The molecule has 7 nitrogen and oxygen atoms in total. The van der Waals surface area contributed by atoms with Gasteiger partial charge in [-0.05, 0) is 47.3 Å². The lowest BCUT2D eigenvalue weighted by Crippen LogP contribution is -2.50. The maximum atomic E-state index is 12.8. The second-order valence-electron chi connectivity index (χ2n) is 6.06. The number of carbonyl (C=O) groups excluding carboxylic acids is 1.